The van der Waals surface area contributed by atoms with Gasteiger partial charge in [0.15, 0.2) is 16.3 Å². The van der Waals surface area contributed by atoms with Crippen LogP contribution in [0, 0.1) is 0 Å². The Morgan fingerprint density at radius 3 is 2.85 bits per heavy atom. The van der Waals surface area contributed by atoms with E-state index in [2.05, 4.69) is 15.0 Å². The zero-order chi connectivity index (χ0) is 14.7. The first-order valence-electron chi connectivity index (χ1n) is 5.81. The molecule has 9 nitrogen and oxygen atoms in total. The predicted octanol–water partition coefficient (Wildman–Crippen LogP) is -1.34. The van der Waals surface area contributed by atoms with Gasteiger partial charge in [0.1, 0.15) is 0 Å². The summed E-state index contributed by atoms with van der Waals surface area (Å²) in [4.78, 5) is 33.0. The third-order valence-electron chi connectivity index (χ3n) is 2.49. The molecule has 0 bridgehead atoms. The molecule has 2 aromatic heterocycles. The number of nitrogens with zero attached hydrogens (tertiary/aromatic N) is 3. The maximum atomic E-state index is 11.8. The lowest BCUT2D eigenvalue weighted by atomic mass is 10.5. The molecule has 0 saturated carbocycles. The minimum absolute atomic E-state index is 0.0183. The highest BCUT2D eigenvalue weighted by atomic mass is 32.2. The summed E-state index contributed by atoms with van der Waals surface area (Å²) in [6.45, 7) is 0.0918. The summed E-state index contributed by atoms with van der Waals surface area (Å²) in [5.41, 5.74) is 10.6. The Morgan fingerprint density at radius 2 is 2.20 bits per heavy atom. The number of H-pyrrole nitrogens is 1. The highest BCUT2D eigenvalue weighted by molar-refractivity contribution is 7.99. The summed E-state index contributed by atoms with van der Waals surface area (Å²) < 4.78 is 1.59. The quantitative estimate of drug-likeness (QED) is 0.481. The Labute approximate surface area is 117 Å². The first-order valence-corrected chi connectivity index (χ1v) is 6.79. The van der Waals surface area contributed by atoms with Gasteiger partial charge in [-0.05, 0) is 0 Å². The van der Waals surface area contributed by atoms with Gasteiger partial charge in [0.05, 0.1) is 6.61 Å². The second-order valence-corrected chi connectivity index (χ2v) is 5.02. The number of carbonyl (C=O) groups is 1. The molecular formula is C10H14N6O3S. The van der Waals surface area contributed by atoms with E-state index in [1.807, 2.05) is 0 Å². The highest BCUT2D eigenvalue weighted by Crippen LogP contribution is 2.22. The average molecular weight is 298 g/mol. The Balaban J connectivity index is 2.42. The SMILES string of the molecule is NC(=O)CCSc1nc2c(=O)[nH]c(N)nc2n1CCO. The van der Waals surface area contributed by atoms with Crippen LogP contribution in [0.2, 0.25) is 0 Å². The van der Waals surface area contributed by atoms with Gasteiger partial charge in [-0.1, -0.05) is 11.8 Å². The lowest BCUT2D eigenvalue weighted by molar-refractivity contribution is -0.117. The molecule has 10 heteroatoms. The largest absolute Gasteiger partial charge is 0.395 e. The third-order valence-corrected chi connectivity index (χ3v) is 3.47. The number of aliphatic hydroxyl groups excluding tert-OH is 1. The molecule has 108 valence electrons. The van der Waals surface area contributed by atoms with E-state index in [0.29, 0.717) is 16.6 Å². The molecule has 1 amide bonds. The van der Waals surface area contributed by atoms with Crippen molar-refractivity contribution < 1.29 is 9.90 Å². The van der Waals surface area contributed by atoms with Gasteiger partial charge in [-0.15, -0.1) is 0 Å². The number of hydrogen-bond donors (Lipinski definition) is 4. The number of thioether (sulfide) groups is 1. The van der Waals surface area contributed by atoms with Crippen molar-refractivity contribution in [3.05, 3.63) is 10.4 Å². The Hall–Kier alpha value is -2.07. The van der Waals surface area contributed by atoms with Crippen LogP contribution in [0.3, 0.4) is 0 Å². The van der Waals surface area contributed by atoms with Gasteiger partial charge in [-0.25, -0.2) is 4.98 Å². The molecule has 0 aromatic carbocycles. The van der Waals surface area contributed by atoms with Crippen molar-refractivity contribution in [2.75, 3.05) is 18.1 Å². The van der Waals surface area contributed by atoms with Crippen LogP contribution in [0.15, 0.2) is 9.95 Å². The van der Waals surface area contributed by atoms with E-state index in [1.54, 1.807) is 4.57 Å². The number of primary amides is 1. The van der Waals surface area contributed by atoms with E-state index in [1.165, 1.54) is 11.8 Å². The normalized spacial score (nSPS) is 11.1. The number of hydrogen-bond acceptors (Lipinski definition) is 7. The number of aliphatic hydroxyl groups is 1. The third kappa shape index (κ3) is 2.91. The number of nitrogen functional groups attached to an aromatic ring is 1. The molecule has 0 unspecified atom stereocenters. The monoisotopic (exact) mass is 298 g/mol. The fourth-order valence-corrected chi connectivity index (χ4v) is 2.64. The van der Waals surface area contributed by atoms with Gasteiger partial charge in [-0.2, -0.15) is 4.98 Å². The number of imidazole rings is 1. The zero-order valence-corrected chi connectivity index (χ0v) is 11.3. The van der Waals surface area contributed by atoms with Crippen LogP contribution in [0.5, 0.6) is 0 Å². The number of aromatic nitrogens is 4. The summed E-state index contributed by atoms with van der Waals surface area (Å²) >= 11 is 1.26. The van der Waals surface area contributed by atoms with Crippen LogP contribution in [0.25, 0.3) is 11.2 Å². The van der Waals surface area contributed by atoms with E-state index < -0.39 is 11.5 Å². The number of fused-ring (bicyclic) bond motifs is 1. The molecule has 0 fully saturated rings. The van der Waals surface area contributed by atoms with Gasteiger partial charge >= 0.3 is 0 Å². The number of nitrogens with two attached hydrogens (primary N) is 2. The van der Waals surface area contributed by atoms with Gasteiger partial charge < -0.3 is 21.1 Å². The van der Waals surface area contributed by atoms with Gasteiger partial charge in [0.2, 0.25) is 11.9 Å². The number of rotatable bonds is 6. The van der Waals surface area contributed by atoms with Crippen LogP contribution in [0.1, 0.15) is 6.42 Å². The van der Waals surface area contributed by atoms with Crippen molar-refractivity contribution in [2.45, 2.75) is 18.1 Å². The molecule has 0 radical (unpaired) electrons. The van der Waals surface area contributed by atoms with Gasteiger partial charge in [0, 0.05) is 18.7 Å². The standard InChI is InChI=1S/C10H14N6O3S/c11-5(18)1-4-20-10-13-6-7(16(10)2-3-17)14-9(12)15-8(6)19/h17H,1-4H2,(H2,11,18)(H3,12,14,15,19). The predicted molar refractivity (Wildman–Crippen MR) is 74.2 cm³/mol. The van der Waals surface area contributed by atoms with Gasteiger partial charge in [0.25, 0.3) is 5.56 Å². The van der Waals surface area contributed by atoms with Crippen molar-refractivity contribution in [3.63, 3.8) is 0 Å². The fraction of sp³-hybridized carbons (Fsp3) is 0.400. The van der Waals surface area contributed by atoms with E-state index in [-0.39, 0.29) is 31.0 Å². The molecule has 2 rings (SSSR count). The molecule has 0 aliphatic rings. The zero-order valence-electron chi connectivity index (χ0n) is 10.5. The number of amides is 1. The number of anilines is 1. The maximum Gasteiger partial charge on any atom is 0.280 e. The number of carbonyl (C=O) groups excluding carboxylic acids is 1. The van der Waals surface area contributed by atoms with Crippen molar-refractivity contribution in [1.29, 1.82) is 0 Å². The second kappa shape index (κ2) is 5.92. The Bertz CT molecular complexity index is 694. The minimum atomic E-state index is -0.444. The van der Waals surface area contributed by atoms with Crippen LogP contribution in [-0.2, 0) is 11.3 Å². The lowest BCUT2D eigenvalue weighted by Gasteiger charge is -2.05. The minimum Gasteiger partial charge on any atom is -0.395 e. The molecular weight excluding hydrogens is 284 g/mol. The molecule has 0 saturated heterocycles. The molecule has 20 heavy (non-hydrogen) atoms. The average Bonchev–Trinajstić information content (AvgIpc) is 2.69. The molecule has 0 aliphatic carbocycles. The Morgan fingerprint density at radius 1 is 1.45 bits per heavy atom. The number of aromatic amines is 1. The van der Waals surface area contributed by atoms with Crippen LogP contribution in [-0.4, -0.2) is 42.9 Å². The lowest BCUT2D eigenvalue weighted by Crippen LogP contribution is -2.13. The molecule has 0 aliphatic heterocycles. The fourth-order valence-electron chi connectivity index (χ4n) is 1.66. The van der Waals surface area contributed by atoms with Crippen molar-refractivity contribution in [2.24, 2.45) is 5.73 Å². The summed E-state index contributed by atoms with van der Waals surface area (Å²) in [5.74, 6) is -0.00454. The first kappa shape index (κ1) is 14.3. The molecule has 2 aromatic rings. The number of nitrogens with one attached hydrogen (secondary N) is 1. The van der Waals surface area contributed by atoms with Crippen LogP contribution < -0.4 is 17.0 Å². The van der Waals surface area contributed by atoms with Crippen molar-refractivity contribution >= 4 is 34.8 Å². The Kier molecular flexibility index (Phi) is 4.25. The summed E-state index contributed by atoms with van der Waals surface area (Å²) in [6.07, 6.45) is 0.193. The molecule has 0 atom stereocenters. The summed E-state index contributed by atoms with van der Waals surface area (Å²) in [6, 6.07) is 0. The first-order chi connectivity index (χ1) is 9.52. The van der Waals surface area contributed by atoms with E-state index >= 15 is 0 Å². The summed E-state index contributed by atoms with van der Waals surface area (Å²) in [7, 11) is 0. The summed E-state index contributed by atoms with van der Waals surface area (Å²) in [5, 5.41) is 9.58. The second-order valence-electron chi connectivity index (χ2n) is 3.96. The topological polar surface area (TPSA) is 153 Å². The van der Waals surface area contributed by atoms with Crippen molar-refractivity contribution in [1.82, 2.24) is 19.5 Å². The van der Waals surface area contributed by atoms with E-state index in [0.717, 1.165) is 0 Å². The van der Waals surface area contributed by atoms with Crippen molar-refractivity contribution in [3.8, 4) is 0 Å². The van der Waals surface area contributed by atoms with E-state index in [9.17, 15) is 9.59 Å². The van der Waals surface area contributed by atoms with Gasteiger partial charge in [-0.3, -0.25) is 14.6 Å². The maximum absolute atomic E-state index is 11.8. The molecule has 2 heterocycles. The van der Waals surface area contributed by atoms with Crippen LogP contribution >= 0.6 is 11.8 Å². The highest BCUT2D eigenvalue weighted by Gasteiger charge is 2.15. The van der Waals surface area contributed by atoms with E-state index in [4.69, 9.17) is 16.6 Å². The van der Waals surface area contributed by atoms with Crippen LogP contribution in [0.4, 0.5) is 5.95 Å². The smallest absolute Gasteiger partial charge is 0.280 e. The molecule has 6 N–H and O–H groups in total. The molecule has 0 spiro atoms.